The topological polar surface area (TPSA) is 90.2 Å². The third-order valence-electron chi connectivity index (χ3n) is 4.13. The Morgan fingerprint density at radius 1 is 0.818 bits per heavy atom. The van der Waals surface area contributed by atoms with Crippen LogP contribution in [0.5, 0.6) is 0 Å². The maximum absolute atomic E-state index is 9.91. The van der Waals surface area contributed by atoms with Crippen molar-refractivity contribution in [3.05, 3.63) is 0 Å². The first-order valence-electron chi connectivity index (χ1n) is 8.54. The molecule has 0 aromatic carbocycles. The molecule has 1 aliphatic rings. The maximum Gasteiger partial charge on any atom is 0.132 e. The van der Waals surface area contributed by atoms with E-state index >= 15 is 0 Å². The predicted octanol–water partition coefficient (Wildman–Crippen LogP) is 1.66. The van der Waals surface area contributed by atoms with Crippen LogP contribution in [-0.2, 0) is 4.74 Å². The summed E-state index contributed by atoms with van der Waals surface area (Å²) >= 11 is 1.45. The average molecular weight is 336 g/mol. The molecule has 1 fully saturated rings. The number of hydrogen-bond donors (Lipinski definition) is 4. The molecule has 5 atom stereocenters. The van der Waals surface area contributed by atoms with Gasteiger partial charge in [0.2, 0.25) is 0 Å². The van der Waals surface area contributed by atoms with Gasteiger partial charge >= 0.3 is 0 Å². The molecule has 0 saturated carbocycles. The first-order valence-corrected chi connectivity index (χ1v) is 9.58. The Hall–Kier alpha value is 0.150. The molecule has 0 radical (unpaired) electrons. The lowest BCUT2D eigenvalue weighted by molar-refractivity contribution is -0.205. The molecule has 0 aromatic rings. The summed E-state index contributed by atoms with van der Waals surface area (Å²) in [6, 6.07) is 0. The highest BCUT2D eigenvalue weighted by molar-refractivity contribution is 7.99. The summed E-state index contributed by atoms with van der Waals surface area (Å²) in [4.78, 5) is 0. The molecule has 1 aliphatic heterocycles. The Labute approximate surface area is 138 Å². The lowest BCUT2D eigenvalue weighted by Gasteiger charge is -2.39. The summed E-state index contributed by atoms with van der Waals surface area (Å²) in [5.41, 5.74) is -0.583. The van der Waals surface area contributed by atoms with Crippen LogP contribution in [0.15, 0.2) is 0 Å². The van der Waals surface area contributed by atoms with Gasteiger partial charge in [0.25, 0.3) is 0 Å². The monoisotopic (exact) mass is 336 g/mol. The zero-order chi connectivity index (χ0) is 16.4. The summed E-state index contributed by atoms with van der Waals surface area (Å²) in [6.45, 7) is 1.86. The summed E-state index contributed by atoms with van der Waals surface area (Å²) in [5, 5.41) is 38.4. The van der Waals surface area contributed by atoms with Crippen LogP contribution in [0.25, 0.3) is 0 Å². The molecule has 0 spiro atoms. The van der Waals surface area contributed by atoms with Crippen LogP contribution < -0.4 is 0 Å². The molecule has 6 heteroatoms. The van der Waals surface area contributed by atoms with E-state index < -0.39 is 29.9 Å². The average Bonchev–Trinajstić information content (AvgIpc) is 2.53. The molecule has 22 heavy (non-hydrogen) atoms. The second-order valence-electron chi connectivity index (χ2n) is 6.04. The molecule has 1 saturated heterocycles. The van der Waals surface area contributed by atoms with Gasteiger partial charge in [-0.3, -0.25) is 0 Å². The molecule has 1 unspecified atom stereocenters. The predicted molar refractivity (Wildman–Crippen MR) is 88.8 cm³/mol. The SMILES string of the molecule is CCCCCCCCCCSC1O[C@H](CO)[C@@H](O)[C@H](O)[C@H]1O. The van der Waals surface area contributed by atoms with Crippen molar-refractivity contribution in [3.63, 3.8) is 0 Å². The second kappa shape index (κ2) is 11.6. The fourth-order valence-corrected chi connectivity index (χ4v) is 3.82. The van der Waals surface area contributed by atoms with Crippen molar-refractivity contribution in [2.24, 2.45) is 0 Å². The van der Waals surface area contributed by atoms with Crippen LogP contribution in [0, 0.1) is 0 Å². The summed E-state index contributed by atoms with van der Waals surface area (Å²) in [7, 11) is 0. The molecule has 0 aromatic heterocycles. The summed E-state index contributed by atoms with van der Waals surface area (Å²) < 4.78 is 5.46. The van der Waals surface area contributed by atoms with Crippen LogP contribution in [0.3, 0.4) is 0 Å². The number of hydrogen-bond acceptors (Lipinski definition) is 6. The summed E-state index contributed by atoms with van der Waals surface area (Å²) in [5.74, 6) is 0.845. The zero-order valence-corrected chi connectivity index (χ0v) is 14.4. The van der Waals surface area contributed by atoms with Gasteiger partial charge in [0.05, 0.1) is 6.61 Å². The van der Waals surface area contributed by atoms with Gasteiger partial charge < -0.3 is 25.2 Å². The van der Waals surface area contributed by atoms with Crippen LogP contribution in [0.2, 0.25) is 0 Å². The van der Waals surface area contributed by atoms with Crippen molar-refractivity contribution < 1.29 is 25.2 Å². The van der Waals surface area contributed by atoms with Gasteiger partial charge in [-0.2, -0.15) is 0 Å². The highest BCUT2D eigenvalue weighted by Crippen LogP contribution is 2.29. The van der Waals surface area contributed by atoms with E-state index in [9.17, 15) is 15.3 Å². The van der Waals surface area contributed by atoms with Gasteiger partial charge in [-0.05, 0) is 12.2 Å². The minimum atomic E-state index is -1.26. The molecule has 5 nitrogen and oxygen atoms in total. The molecular weight excluding hydrogens is 304 g/mol. The third kappa shape index (κ3) is 6.72. The minimum Gasteiger partial charge on any atom is -0.394 e. The van der Waals surface area contributed by atoms with Crippen molar-refractivity contribution in [2.45, 2.75) is 88.1 Å². The Morgan fingerprint density at radius 3 is 2.00 bits per heavy atom. The first-order chi connectivity index (χ1) is 10.6. The van der Waals surface area contributed by atoms with E-state index in [4.69, 9.17) is 9.84 Å². The van der Waals surface area contributed by atoms with E-state index in [-0.39, 0.29) is 6.61 Å². The van der Waals surface area contributed by atoms with Gasteiger partial charge in [-0.1, -0.05) is 51.9 Å². The highest BCUT2D eigenvalue weighted by Gasteiger charge is 2.43. The normalized spacial score (nSPS) is 32.3. The third-order valence-corrected chi connectivity index (χ3v) is 5.37. The zero-order valence-electron chi connectivity index (χ0n) is 13.6. The van der Waals surface area contributed by atoms with E-state index in [2.05, 4.69) is 6.92 Å². The largest absolute Gasteiger partial charge is 0.394 e. The number of ether oxygens (including phenoxy) is 1. The van der Waals surface area contributed by atoms with Gasteiger partial charge in [-0.25, -0.2) is 0 Å². The van der Waals surface area contributed by atoms with Gasteiger partial charge in [0.15, 0.2) is 0 Å². The molecule has 1 rings (SSSR count). The minimum absolute atomic E-state index is 0.361. The van der Waals surface area contributed by atoms with Crippen molar-refractivity contribution in [2.75, 3.05) is 12.4 Å². The standard InChI is InChI=1S/C16H32O5S/c1-2-3-4-5-6-7-8-9-10-22-16-15(20)14(19)13(18)12(11-17)21-16/h12-20H,2-11H2,1H3/t12-,13-,14+,15-,16?/m1/s1. The number of aliphatic hydroxyl groups is 4. The summed E-state index contributed by atoms with van der Waals surface area (Å²) in [6.07, 6.45) is 5.54. The number of unbranched alkanes of at least 4 members (excludes halogenated alkanes) is 7. The fraction of sp³-hybridized carbons (Fsp3) is 1.00. The Kier molecular flexibility index (Phi) is 10.7. The van der Waals surface area contributed by atoms with Gasteiger partial charge in [-0.15, -0.1) is 11.8 Å². The molecule has 4 N–H and O–H groups in total. The lowest BCUT2D eigenvalue weighted by Crippen LogP contribution is -2.57. The van der Waals surface area contributed by atoms with Crippen LogP contribution in [0.1, 0.15) is 58.3 Å². The van der Waals surface area contributed by atoms with Gasteiger partial charge in [0, 0.05) is 0 Å². The van der Waals surface area contributed by atoms with Crippen LogP contribution in [-0.4, -0.2) is 62.6 Å². The number of thioether (sulfide) groups is 1. The quantitative estimate of drug-likeness (QED) is 0.429. The highest BCUT2D eigenvalue weighted by atomic mass is 32.2. The Balaban J connectivity index is 2.11. The molecule has 0 amide bonds. The van der Waals surface area contributed by atoms with E-state index in [1.54, 1.807) is 0 Å². The second-order valence-corrected chi connectivity index (χ2v) is 7.25. The smallest absolute Gasteiger partial charge is 0.132 e. The molecular formula is C16H32O5S. The molecule has 0 bridgehead atoms. The van der Waals surface area contributed by atoms with E-state index in [0.717, 1.165) is 18.6 Å². The number of aliphatic hydroxyl groups excluding tert-OH is 4. The molecule has 132 valence electrons. The van der Waals surface area contributed by atoms with E-state index in [0.29, 0.717) is 0 Å². The van der Waals surface area contributed by atoms with Crippen molar-refractivity contribution in [1.82, 2.24) is 0 Å². The Morgan fingerprint density at radius 2 is 1.41 bits per heavy atom. The van der Waals surface area contributed by atoms with Crippen LogP contribution in [0.4, 0.5) is 0 Å². The van der Waals surface area contributed by atoms with Crippen LogP contribution >= 0.6 is 11.8 Å². The van der Waals surface area contributed by atoms with Crippen molar-refractivity contribution in [3.8, 4) is 0 Å². The van der Waals surface area contributed by atoms with Crippen molar-refractivity contribution >= 4 is 11.8 Å². The molecule has 1 heterocycles. The maximum atomic E-state index is 9.91. The Bertz CT molecular complexity index is 277. The lowest BCUT2D eigenvalue weighted by atomic mass is 10.0. The fourth-order valence-electron chi connectivity index (χ4n) is 2.64. The van der Waals surface area contributed by atoms with E-state index in [1.807, 2.05) is 0 Å². The number of rotatable bonds is 11. The van der Waals surface area contributed by atoms with Crippen molar-refractivity contribution in [1.29, 1.82) is 0 Å². The molecule has 0 aliphatic carbocycles. The van der Waals surface area contributed by atoms with Gasteiger partial charge in [0.1, 0.15) is 29.9 Å². The first kappa shape index (κ1) is 20.2. The van der Waals surface area contributed by atoms with E-state index in [1.165, 1.54) is 50.3 Å².